The summed E-state index contributed by atoms with van der Waals surface area (Å²) >= 11 is 0. The highest BCUT2D eigenvalue weighted by molar-refractivity contribution is 5.80. The molecule has 1 N–H and O–H groups in total. The number of amides is 1. The summed E-state index contributed by atoms with van der Waals surface area (Å²) < 4.78 is 5.47. The first-order valence-corrected chi connectivity index (χ1v) is 6.96. The molecule has 1 saturated heterocycles. The van der Waals surface area contributed by atoms with E-state index >= 15 is 0 Å². The molecule has 1 fully saturated rings. The number of rotatable bonds is 7. The molecule has 19 heavy (non-hydrogen) atoms. The average molecular weight is 270 g/mol. The number of carbonyl (C=O) groups excluding carboxylic acids is 1. The lowest BCUT2D eigenvalue weighted by molar-refractivity contribution is -0.144. The SMILES string of the molecule is C=CCCO[C@@H](C)C(=O)N1CCN(C[C@@H](C)O)CC1. The van der Waals surface area contributed by atoms with Crippen LogP contribution in [0, 0.1) is 0 Å². The minimum Gasteiger partial charge on any atom is -0.392 e. The van der Waals surface area contributed by atoms with Gasteiger partial charge in [0.25, 0.3) is 5.91 Å². The fourth-order valence-electron chi connectivity index (χ4n) is 2.18. The minimum atomic E-state index is -0.386. The maximum absolute atomic E-state index is 12.1. The van der Waals surface area contributed by atoms with E-state index in [1.54, 1.807) is 19.9 Å². The van der Waals surface area contributed by atoms with Gasteiger partial charge in [-0.25, -0.2) is 0 Å². The quantitative estimate of drug-likeness (QED) is 0.540. The van der Waals surface area contributed by atoms with Gasteiger partial charge in [-0.2, -0.15) is 0 Å². The molecule has 1 heterocycles. The molecule has 1 rings (SSSR count). The molecule has 110 valence electrons. The predicted molar refractivity (Wildman–Crippen MR) is 74.9 cm³/mol. The molecule has 5 nitrogen and oxygen atoms in total. The number of carbonyl (C=O) groups is 1. The summed E-state index contributed by atoms with van der Waals surface area (Å²) in [5.41, 5.74) is 0. The second kappa shape index (κ2) is 8.30. The van der Waals surface area contributed by atoms with Crippen molar-refractivity contribution < 1.29 is 14.6 Å². The first-order chi connectivity index (χ1) is 9.04. The zero-order valence-electron chi connectivity index (χ0n) is 12.0. The zero-order chi connectivity index (χ0) is 14.3. The van der Waals surface area contributed by atoms with Gasteiger partial charge in [0.1, 0.15) is 6.10 Å². The number of nitrogens with zero attached hydrogens (tertiary/aromatic N) is 2. The van der Waals surface area contributed by atoms with Crippen molar-refractivity contribution >= 4 is 5.91 Å². The molecule has 0 spiro atoms. The largest absolute Gasteiger partial charge is 0.392 e. The van der Waals surface area contributed by atoms with Crippen molar-refractivity contribution in [3.8, 4) is 0 Å². The van der Waals surface area contributed by atoms with Crippen LogP contribution in [0.4, 0.5) is 0 Å². The lowest BCUT2D eigenvalue weighted by Crippen LogP contribution is -2.52. The standard InChI is InChI=1S/C14H26N2O3/c1-4-5-10-19-13(3)14(18)16-8-6-15(7-9-16)11-12(2)17/h4,12-13,17H,1,5-11H2,2-3H3/t12-,13+/m1/s1. The van der Waals surface area contributed by atoms with E-state index in [2.05, 4.69) is 11.5 Å². The third-order valence-corrected chi connectivity index (χ3v) is 3.24. The van der Waals surface area contributed by atoms with Gasteiger partial charge in [-0.15, -0.1) is 6.58 Å². The number of ether oxygens (including phenoxy) is 1. The summed E-state index contributed by atoms with van der Waals surface area (Å²) in [6.07, 6.45) is 1.85. The van der Waals surface area contributed by atoms with Crippen molar-refractivity contribution in [2.45, 2.75) is 32.5 Å². The van der Waals surface area contributed by atoms with E-state index in [4.69, 9.17) is 4.74 Å². The van der Waals surface area contributed by atoms with Crippen molar-refractivity contribution in [2.75, 3.05) is 39.3 Å². The van der Waals surface area contributed by atoms with E-state index in [-0.39, 0.29) is 18.1 Å². The summed E-state index contributed by atoms with van der Waals surface area (Å²) in [5, 5.41) is 9.34. The molecule has 0 aromatic rings. The number of aliphatic hydroxyl groups is 1. The molecule has 0 aromatic carbocycles. The lowest BCUT2D eigenvalue weighted by Gasteiger charge is -2.36. The van der Waals surface area contributed by atoms with Crippen LogP contribution in [0.15, 0.2) is 12.7 Å². The van der Waals surface area contributed by atoms with Crippen molar-refractivity contribution in [1.29, 1.82) is 0 Å². The van der Waals surface area contributed by atoms with Gasteiger partial charge in [-0.3, -0.25) is 9.69 Å². The van der Waals surface area contributed by atoms with E-state index in [1.165, 1.54) is 0 Å². The summed E-state index contributed by atoms with van der Waals surface area (Å²) in [6.45, 7) is 11.5. The van der Waals surface area contributed by atoms with Gasteiger partial charge < -0.3 is 14.7 Å². The van der Waals surface area contributed by atoms with Crippen LogP contribution in [0.2, 0.25) is 0 Å². The van der Waals surface area contributed by atoms with Crippen LogP contribution in [-0.2, 0) is 9.53 Å². The summed E-state index contributed by atoms with van der Waals surface area (Å²) in [6, 6.07) is 0. The van der Waals surface area contributed by atoms with E-state index in [9.17, 15) is 9.90 Å². The molecular weight excluding hydrogens is 244 g/mol. The van der Waals surface area contributed by atoms with Gasteiger partial charge in [-0.05, 0) is 20.3 Å². The predicted octanol–water partition coefficient (Wildman–Crippen LogP) is 0.493. The number of β-amino-alcohol motifs (C(OH)–C–C–N with tert-alkyl or cyclic N) is 1. The van der Waals surface area contributed by atoms with E-state index in [0.717, 1.165) is 19.5 Å². The highest BCUT2D eigenvalue weighted by atomic mass is 16.5. The molecule has 5 heteroatoms. The molecule has 0 saturated carbocycles. The van der Waals surface area contributed by atoms with Gasteiger partial charge >= 0.3 is 0 Å². The maximum Gasteiger partial charge on any atom is 0.251 e. The first-order valence-electron chi connectivity index (χ1n) is 6.96. The average Bonchev–Trinajstić information content (AvgIpc) is 2.38. The molecule has 2 atom stereocenters. The van der Waals surface area contributed by atoms with Crippen LogP contribution in [-0.4, -0.2) is 72.4 Å². The Morgan fingerprint density at radius 3 is 2.53 bits per heavy atom. The van der Waals surface area contributed by atoms with Crippen LogP contribution >= 0.6 is 0 Å². The van der Waals surface area contributed by atoms with Crippen LogP contribution < -0.4 is 0 Å². The summed E-state index contributed by atoms with van der Waals surface area (Å²) in [7, 11) is 0. The maximum atomic E-state index is 12.1. The smallest absolute Gasteiger partial charge is 0.251 e. The van der Waals surface area contributed by atoms with Crippen molar-refractivity contribution in [2.24, 2.45) is 0 Å². The molecule has 0 aliphatic carbocycles. The number of hydrogen-bond donors (Lipinski definition) is 1. The Hall–Kier alpha value is -0.910. The number of aliphatic hydroxyl groups excluding tert-OH is 1. The van der Waals surface area contributed by atoms with Crippen LogP contribution in [0.25, 0.3) is 0 Å². The Kier molecular flexibility index (Phi) is 7.05. The van der Waals surface area contributed by atoms with Crippen molar-refractivity contribution in [1.82, 2.24) is 9.80 Å². The highest BCUT2D eigenvalue weighted by Gasteiger charge is 2.25. The fourth-order valence-corrected chi connectivity index (χ4v) is 2.18. The Morgan fingerprint density at radius 1 is 1.37 bits per heavy atom. The molecule has 0 unspecified atom stereocenters. The molecule has 1 amide bonds. The van der Waals surface area contributed by atoms with Crippen molar-refractivity contribution in [3.63, 3.8) is 0 Å². The van der Waals surface area contributed by atoms with E-state index in [1.807, 2.05) is 4.90 Å². The van der Waals surface area contributed by atoms with Crippen LogP contribution in [0.1, 0.15) is 20.3 Å². The molecular formula is C14H26N2O3. The molecule has 1 aliphatic heterocycles. The van der Waals surface area contributed by atoms with Gasteiger partial charge in [0, 0.05) is 32.7 Å². The lowest BCUT2D eigenvalue weighted by atomic mass is 10.2. The molecule has 0 aromatic heterocycles. The van der Waals surface area contributed by atoms with E-state index in [0.29, 0.717) is 26.2 Å². The second-order valence-electron chi connectivity index (χ2n) is 5.07. The number of piperazine rings is 1. The monoisotopic (exact) mass is 270 g/mol. The summed E-state index contributed by atoms with van der Waals surface area (Å²) in [4.78, 5) is 16.2. The highest BCUT2D eigenvalue weighted by Crippen LogP contribution is 2.07. The Labute approximate surface area is 115 Å². The fraction of sp³-hybridized carbons (Fsp3) is 0.786. The Balaban J connectivity index is 2.29. The molecule has 0 bridgehead atoms. The van der Waals surface area contributed by atoms with E-state index < -0.39 is 0 Å². The van der Waals surface area contributed by atoms with Gasteiger partial charge in [-0.1, -0.05) is 6.08 Å². The first kappa shape index (κ1) is 16.1. The molecule has 1 aliphatic rings. The van der Waals surface area contributed by atoms with Crippen molar-refractivity contribution in [3.05, 3.63) is 12.7 Å². The van der Waals surface area contributed by atoms with Gasteiger partial charge in [0.2, 0.25) is 0 Å². The zero-order valence-corrected chi connectivity index (χ0v) is 12.0. The topological polar surface area (TPSA) is 53.0 Å². The number of hydrogen-bond acceptors (Lipinski definition) is 4. The van der Waals surface area contributed by atoms with Crippen LogP contribution in [0.3, 0.4) is 0 Å². The third-order valence-electron chi connectivity index (χ3n) is 3.24. The molecule has 0 radical (unpaired) electrons. The Bertz CT molecular complexity index is 286. The summed E-state index contributed by atoms with van der Waals surface area (Å²) in [5.74, 6) is 0.0563. The normalized spacial score (nSPS) is 20.1. The van der Waals surface area contributed by atoms with Crippen LogP contribution in [0.5, 0.6) is 0 Å². The second-order valence-corrected chi connectivity index (χ2v) is 5.07. The van der Waals surface area contributed by atoms with Gasteiger partial charge in [0.15, 0.2) is 0 Å². The third kappa shape index (κ3) is 5.72. The van der Waals surface area contributed by atoms with Gasteiger partial charge in [0.05, 0.1) is 12.7 Å². The minimum absolute atomic E-state index is 0.0563. The Morgan fingerprint density at radius 2 is 2.00 bits per heavy atom.